The lowest BCUT2D eigenvalue weighted by Crippen LogP contribution is -2.61. The first-order chi connectivity index (χ1) is 37.7. The normalized spacial score (nSPS) is 19.2. The van der Waals surface area contributed by atoms with Gasteiger partial charge in [-0.15, -0.1) is 0 Å². The maximum atomic E-state index is 13.4. The number of carbonyl (C=O) groups is 2. The number of carbonyl (C=O) groups excluding carboxylic acids is 2. The Morgan fingerprint density at radius 1 is 0.494 bits per heavy atom. The van der Waals surface area contributed by atoms with E-state index in [1.165, 1.54) is 193 Å². The number of esters is 1. The zero-order valence-electron chi connectivity index (χ0n) is 50.1. The van der Waals surface area contributed by atoms with E-state index in [1.807, 2.05) is 6.08 Å². The van der Waals surface area contributed by atoms with Crippen LogP contribution < -0.4 is 5.32 Å². The lowest BCUT2D eigenvalue weighted by atomic mass is 9.99. The third-order valence-electron chi connectivity index (χ3n) is 15.5. The summed E-state index contributed by atoms with van der Waals surface area (Å²) in [6.07, 6.45) is 54.8. The van der Waals surface area contributed by atoms with Gasteiger partial charge in [-0.2, -0.15) is 0 Å². The number of nitrogens with one attached hydrogen (secondary N) is 1. The summed E-state index contributed by atoms with van der Waals surface area (Å²) in [4.78, 5) is 26.6. The van der Waals surface area contributed by atoms with Gasteiger partial charge >= 0.3 is 5.97 Å². The van der Waals surface area contributed by atoms with E-state index in [2.05, 4.69) is 50.4 Å². The van der Waals surface area contributed by atoms with E-state index in [0.717, 1.165) is 70.6 Å². The van der Waals surface area contributed by atoms with Crippen LogP contribution in [0.4, 0.5) is 0 Å². The molecule has 0 saturated carbocycles. The standard InChI is InChI=1S/C66H123NO10/c1-4-7-10-13-16-19-22-24-26-27-28-29-30-31-32-33-34-36-39-42-45-48-51-54-61(71)77-64-63(73)62(72)60(55-68)76-66(64)75-56-57(58(69)52-49-46-43-40-37-21-18-15-12-9-6-3)67-65(74)59(70)53-50-47-44-41-38-35-25-23-20-17-14-11-8-5-2/h20,23-24,26,49,52,57-60,62-64,66,68-70,72-73H,4-19,21-22,25,27-48,50-51,53-56H2,1-3H3,(H,67,74)/b23-20-,26-24+,52-49+. The minimum Gasteiger partial charge on any atom is -0.454 e. The van der Waals surface area contributed by atoms with Gasteiger partial charge in [0.15, 0.2) is 12.4 Å². The second-order valence-corrected chi connectivity index (χ2v) is 22.8. The third-order valence-corrected chi connectivity index (χ3v) is 15.5. The van der Waals surface area contributed by atoms with Crippen LogP contribution >= 0.6 is 0 Å². The van der Waals surface area contributed by atoms with Gasteiger partial charge in [0.25, 0.3) is 0 Å². The Labute approximate surface area is 473 Å². The molecule has 1 aliphatic rings. The molecule has 1 amide bonds. The second kappa shape index (κ2) is 54.5. The summed E-state index contributed by atoms with van der Waals surface area (Å²) in [5, 5.41) is 57.0. The summed E-state index contributed by atoms with van der Waals surface area (Å²) >= 11 is 0. The van der Waals surface area contributed by atoms with Crippen molar-refractivity contribution in [1.82, 2.24) is 5.32 Å². The molecular formula is C66H123NO10. The zero-order valence-corrected chi connectivity index (χ0v) is 50.1. The minimum atomic E-state index is -1.61. The monoisotopic (exact) mass is 1090 g/mol. The average molecular weight is 1090 g/mol. The fourth-order valence-corrected chi connectivity index (χ4v) is 10.3. The number of hydrogen-bond acceptors (Lipinski definition) is 10. The summed E-state index contributed by atoms with van der Waals surface area (Å²) in [6, 6.07) is -1.02. The predicted octanol–water partition coefficient (Wildman–Crippen LogP) is 15.8. The molecule has 8 atom stereocenters. The molecule has 11 nitrogen and oxygen atoms in total. The topological polar surface area (TPSA) is 175 Å². The quantitative estimate of drug-likeness (QED) is 0.0195. The van der Waals surface area contributed by atoms with Crippen LogP contribution in [0, 0.1) is 0 Å². The molecule has 452 valence electrons. The molecule has 1 saturated heterocycles. The predicted molar refractivity (Wildman–Crippen MR) is 320 cm³/mol. The van der Waals surface area contributed by atoms with Crippen LogP contribution in [0.5, 0.6) is 0 Å². The molecule has 1 fully saturated rings. The number of aliphatic hydroxyl groups is 5. The SMILES string of the molecule is CCCCCC/C=C\CCCCCCCCC(O)C(=O)NC(COC1OC(CO)C(O)C(O)C1OC(=O)CCCCCCCCCCCCCCC/C=C/CCCCCCCC)C(O)/C=C/CCCCCCCCCCC. The van der Waals surface area contributed by atoms with Crippen molar-refractivity contribution >= 4 is 11.9 Å². The number of amides is 1. The van der Waals surface area contributed by atoms with Crippen LogP contribution in [0.15, 0.2) is 36.5 Å². The molecule has 0 aromatic rings. The second-order valence-electron chi connectivity index (χ2n) is 22.8. The van der Waals surface area contributed by atoms with Crippen molar-refractivity contribution < 1.29 is 49.3 Å². The third kappa shape index (κ3) is 42.4. The van der Waals surface area contributed by atoms with E-state index >= 15 is 0 Å². The molecular weight excluding hydrogens is 967 g/mol. The first-order valence-electron chi connectivity index (χ1n) is 32.8. The van der Waals surface area contributed by atoms with Crippen LogP contribution in [-0.4, -0.2) is 99.6 Å². The highest BCUT2D eigenvalue weighted by Gasteiger charge is 2.47. The highest BCUT2D eigenvalue weighted by atomic mass is 16.7. The van der Waals surface area contributed by atoms with Gasteiger partial charge in [0.2, 0.25) is 5.91 Å². The van der Waals surface area contributed by atoms with E-state index in [0.29, 0.717) is 12.8 Å². The van der Waals surface area contributed by atoms with Crippen molar-refractivity contribution in [1.29, 1.82) is 0 Å². The molecule has 1 rings (SSSR count). The maximum Gasteiger partial charge on any atom is 0.306 e. The molecule has 77 heavy (non-hydrogen) atoms. The molecule has 1 aliphatic heterocycles. The number of aliphatic hydroxyl groups excluding tert-OH is 5. The van der Waals surface area contributed by atoms with Crippen molar-refractivity contribution in [2.45, 2.75) is 359 Å². The van der Waals surface area contributed by atoms with Crippen LogP contribution in [0.25, 0.3) is 0 Å². The zero-order chi connectivity index (χ0) is 56.1. The van der Waals surface area contributed by atoms with Crippen LogP contribution in [0.2, 0.25) is 0 Å². The van der Waals surface area contributed by atoms with Gasteiger partial charge in [-0.3, -0.25) is 9.59 Å². The number of ether oxygens (including phenoxy) is 3. The molecule has 6 N–H and O–H groups in total. The van der Waals surface area contributed by atoms with Gasteiger partial charge in [0.1, 0.15) is 24.4 Å². The molecule has 0 aromatic carbocycles. The number of hydrogen-bond donors (Lipinski definition) is 6. The van der Waals surface area contributed by atoms with Crippen molar-refractivity contribution in [3.63, 3.8) is 0 Å². The molecule has 1 heterocycles. The lowest BCUT2D eigenvalue weighted by molar-refractivity contribution is -0.305. The Kier molecular flexibility index (Phi) is 51.6. The van der Waals surface area contributed by atoms with Crippen LogP contribution in [0.3, 0.4) is 0 Å². The highest BCUT2D eigenvalue weighted by molar-refractivity contribution is 5.80. The summed E-state index contributed by atoms with van der Waals surface area (Å²) in [6.45, 7) is 5.79. The Balaban J connectivity index is 2.58. The summed E-state index contributed by atoms with van der Waals surface area (Å²) in [5.74, 6) is -1.19. The van der Waals surface area contributed by atoms with Gasteiger partial charge in [0, 0.05) is 6.42 Å². The number of allylic oxidation sites excluding steroid dienone is 5. The van der Waals surface area contributed by atoms with Crippen LogP contribution in [-0.2, 0) is 23.8 Å². The van der Waals surface area contributed by atoms with E-state index in [1.54, 1.807) is 6.08 Å². The van der Waals surface area contributed by atoms with Crippen molar-refractivity contribution in [3.05, 3.63) is 36.5 Å². The Hall–Kier alpha value is -2.12. The van der Waals surface area contributed by atoms with E-state index < -0.39 is 67.4 Å². The summed E-state index contributed by atoms with van der Waals surface area (Å²) in [7, 11) is 0. The average Bonchev–Trinajstić information content (AvgIpc) is 3.43. The first-order valence-corrected chi connectivity index (χ1v) is 32.8. The molecule has 0 aromatic heterocycles. The van der Waals surface area contributed by atoms with Crippen molar-refractivity contribution in [2.75, 3.05) is 13.2 Å². The van der Waals surface area contributed by atoms with E-state index in [9.17, 15) is 35.1 Å². The smallest absolute Gasteiger partial charge is 0.306 e. The lowest BCUT2D eigenvalue weighted by Gasteiger charge is -2.41. The number of unbranched alkanes of at least 4 members (excludes halogenated alkanes) is 38. The van der Waals surface area contributed by atoms with Gasteiger partial charge in [-0.25, -0.2) is 0 Å². The Morgan fingerprint density at radius 3 is 1.27 bits per heavy atom. The molecule has 11 heteroatoms. The molecule has 0 spiro atoms. The van der Waals surface area contributed by atoms with Crippen molar-refractivity contribution in [2.24, 2.45) is 0 Å². The van der Waals surface area contributed by atoms with Gasteiger partial charge in [0.05, 0.1) is 25.4 Å². The molecule has 0 radical (unpaired) electrons. The molecule has 0 bridgehead atoms. The maximum absolute atomic E-state index is 13.4. The fraction of sp³-hybridized carbons (Fsp3) is 0.879. The van der Waals surface area contributed by atoms with Crippen molar-refractivity contribution in [3.8, 4) is 0 Å². The fourth-order valence-electron chi connectivity index (χ4n) is 10.3. The Morgan fingerprint density at radius 2 is 0.857 bits per heavy atom. The summed E-state index contributed by atoms with van der Waals surface area (Å²) < 4.78 is 17.6. The largest absolute Gasteiger partial charge is 0.454 e. The minimum absolute atomic E-state index is 0.126. The van der Waals surface area contributed by atoms with E-state index in [4.69, 9.17) is 14.2 Å². The van der Waals surface area contributed by atoms with Gasteiger partial charge in [-0.1, -0.05) is 263 Å². The molecule has 8 unspecified atom stereocenters. The van der Waals surface area contributed by atoms with Gasteiger partial charge in [-0.05, 0) is 77.0 Å². The molecule has 0 aliphatic carbocycles. The van der Waals surface area contributed by atoms with Crippen LogP contribution in [0.1, 0.15) is 310 Å². The Bertz CT molecular complexity index is 1390. The highest BCUT2D eigenvalue weighted by Crippen LogP contribution is 2.26. The summed E-state index contributed by atoms with van der Waals surface area (Å²) in [5.41, 5.74) is 0. The van der Waals surface area contributed by atoms with Gasteiger partial charge < -0.3 is 45.1 Å². The number of rotatable bonds is 56. The van der Waals surface area contributed by atoms with E-state index in [-0.39, 0.29) is 19.4 Å². The first kappa shape index (κ1) is 72.9.